The van der Waals surface area contributed by atoms with Gasteiger partial charge >= 0.3 is 0 Å². The van der Waals surface area contributed by atoms with E-state index in [1.54, 1.807) is 26.6 Å². The van der Waals surface area contributed by atoms with Gasteiger partial charge in [0.2, 0.25) is 0 Å². The first-order valence-electron chi connectivity index (χ1n) is 10.3. The fourth-order valence-electron chi connectivity index (χ4n) is 3.26. The van der Waals surface area contributed by atoms with Crippen LogP contribution in [0.25, 0.3) is 35.7 Å². The van der Waals surface area contributed by atoms with E-state index in [4.69, 9.17) is 9.47 Å². The first-order valence-corrected chi connectivity index (χ1v) is 10.3. The van der Waals surface area contributed by atoms with Crippen LogP contribution in [0.4, 0.5) is 0 Å². The predicted molar refractivity (Wildman–Crippen MR) is 131 cm³/mol. The summed E-state index contributed by atoms with van der Waals surface area (Å²) in [6.45, 7) is 0. The van der Waals surface area contributed by atoms with Crippen LogP contribution in [-0.2, 0) is 0 Å². The number of benzene rings is 2. The molecule has 0 atom stereocenters. The highest BCUT2D eigenvalue weighted by Crippen LogP contribution is 2.21. The highest BCUT2D eigenvalue weighted by Gasteiger charge is 2.03. The fourth-order valence-corrected chi connectivity index (χ4v) is 3.26. The van der Waals surface area contributed by atoms with Crippen molar-refractivity contribution >= 4 is 24.3 Å². The van der Waals surface area contributed by atoms with Gasteiger partial charge in [-0.2, -0.15) is 0 Å². The third-order valence-corrected chi connectivity index (χ3v) is 4.95. The number of pyridine rings is 2. The zero-order chi connectivity index (χ0) is 22.2. The molecule has 2 aromatic carbocycles. The number of nitrogens with zero attached hydrogens (tertiary/aromatic N) is 2. The molecule has 32 heavy (non-hydrogen) atoms. The number of rotatable bonds is 7. The van der Waals surface area contributed by atoms with Gasteiger partial charge in [-0.1, -0.05) is 48.6 Å². The smallest absolute Gasteiger partial charge is 0.119 e. The Labute approximate surface area is 188 Å². The van der Waals surface area contributed by atoms with E-state index in [0.29, 0.717) is 0 Å². The van der Waals surface area contributed by atoms with Crippen LogP contribution in [0, 0.1) is 0 Å². The molecule has 4 aromatic rings. The lowest BCUT2D eigenvalue weighted by molar-refractivity contribution is 0.414. The second-order valence-electron chi connectivity index (χ2n) is 7.17. The standard InChI is InChI=1S/C28H24N2O2/c1-31-25-7-3-5-21(17-25)9-11-23-13-15-29-27(19-23)28-20-24(14-16-30-28)12-10-22-6-4-8-26(18-22)32-2/h3-20H,1-2H3/b11-9+,12-10+. The number of hydrogen-bond acceptors (Lipinski definition) is 4. The van der Waals surface area contributed by atoms with Gasteiger partial charge in [0.15, 0.2) is 0 Å². The first-order chi connectivity index (χ1) is 15.7. The molecule has 0 unspecified atom stereocenters. The molecule has 0 spiro atoms. The van der Waals surface area contributed by atoms with E-state index >= 15 is 0 Å². The van der Waals surface area contributed by atoms with Crippen molar-refractivity contribution in [3.63, 3.8) is 0 Å². The lowest BCUT2D eigenvalue weighted by atomic mass is 10.1. The summed E-state index contributed by atoms with van der Waals surface area (Å²) in [6, 6.07) is 23.9. The maximum absolute atomic E-state index is 5.29. The Bertz CT molecular complexity index is 1160. The molecular formula is C28H24N2O2. The molecule has 2 aromatic heterocycles. The third kappa shape index (κ3) is 5.49. The van der Waals surface area contributed by atoms with E-state index in [2.05, 4.69) is 34.3 Å². The van der Waals surface area contributed by atoms with Crippen LogP contribution < -0.4 is 9.47 Å². The molecule has 4 rings (SSSR count). The van der Waals surface area contributed by atoms with Gasteiger partial charge in [0.25, 0.3) is 0 Å². The molecule has 0 amide bonds. The third-order valence-electron chi connectivity index (χ3n) is 4.95. The van der Waals surface area contributed by atoms with Gasteiger partial charge in [-0.25, -0.2) is 0 Å². The molecule has 0 saturated heterocycles. The van der Waals surface area contributed by atoms with Crippen LogP contribution in [0.1, 0.15) is 22.3 Å². The Hall–Kier alpha value is -4.18. The van der Waals surface area contributed by atoms with Crippen LogP contribution in [0.3, 0.4) is 0 Å². The minimum absolute atomic E-state index is 0.828. The molecule has 0 aliphatic rings. The van der Waals surface area contributed by atoms with Crippen molar-refractivity contribution in [3.8, 4) is 22.9 Å². The second kappa shape index (κ2) is 10.2. The fraction of sp³-hybridized carbons (Fsp3) is 0.0714. The summed E-state index contributed by atoms with van der Waals surface area (Å²) in [6.07, 6.45) is 11.9. The van der Waals surface area contributed by atoms with E-state index in [-0.39, 0.29) is 0 Å². The van der Waals surface area contributed by atoms with Gasteiger partial charge in [-0.15, -0.1) is 0 Å². The highest BCUT2D eigenvalue weighted by atomic mass is 16.5. The van der Waals surface area contributed by atoms with E-state index in [1.165, 1.54) is 0 Å². The van der Waals surface area contributed by atoms with Crippen LogP contribution in [0.2, 0.25) is 0 Å². The Morgan fingerprint density at radius 2 is 0.938 bits per heavy atom. The Morgan fingerprint density at radius 3 is 1.34 bits per heavy atom. The van der Waals surface area contributed by atoms with Gasteiger partial charge in [0, 0.05) is 12.4 Å². The molecule has 4 nitrogen and oxygen atoms in total. The number of ether oxygens (including phenoxy) is 2. The zero-order valence-electron chi connectivity index (χ0n) is 18.1. The predicted octanol–water partition coefficient (Wildman–Crippen LogP) is 6.50. The van der Waals surface area contributed by atoms with Crippen molar-refractivity contribution in [2.24, 2.45) is 0 Å². The zero-order valence-corrected chi connectivity index (χ0v) is 18.1. The molecule has 0 aliphatic heterocycles. The summed E-state index contributed by atoms with van der Waals surface area (Å²) in [4.78, 5) is 9.03. The molecule has 2 heterocycles. The lowest BCUT2D eigenvalue weighted by Crippen LogP contribution is -1.89. The molecule has 0 N–H and O–H groups in total. The average Bonchev–Trinajstić information content (AvgIpc) is 2.87. The molecular weight excluding hydrogens is 396 g/mol. The maximum atomic E-state index is 5.29. The monoisotopic (exact) mass is 420 g/mol. The van der Waals surface area contributed by atoms with Crippen LogP contribution in [0.5, 0.6) is 11.5 Å². The summed E-state index contributed by atoms with van der Waals surface area (Å²) in [5.41, 5.74) is 5.91. The largest absolute Gasteiger partial charge is 0.497 e. The molecule has 0 aliphatic carbocycles. The van der Waals surface area contributed by atoms with E-state index in [9.17, 15) is 0 Å². The van der Waals surface area contributed by atoms with Crippen molar-refractivity contribution in [2.75, 3.05) is 14.2 Å². The van der Waals surface area contributed by atoms with Crippen LogP contribution in [-0.4, -0.2) is 24.2 Å². The maximum Gasteiger partial charge on any atom is 0.119 e. The summed E-state index contributed by atoms with van der Waals surface area (Å²) in [5.74, 6) is 1.68. The number of hydrogen-bond donors (Lipinski definition) is 0. The van der Waals surface area contributed by atoms with Crippen molar-refractivity contribution < 1.29 is 9.47 Å². The van der Waals surface area contributed by atoms with Gasteiger partial charge in [0.05, 0.1) is 25.6 Å². The SMILES string of the molecule is COc1cccc(/C=C/c2ccnc(-c3cc(/C=C/c4cccc(OC)c4)ccn3)c2)c1. The van der Waals surface area contributed by atoms with Crippen molar-refractivity contribution in [3.05, 3.63) is 107 Å². The summed E-state index contributed by atoms with van der Waals surface area (Å²) in [5, 5.41) is 0. The van der Waals surface area contributed by atoms with E-state index < -0.39 is 0 Å². The van der Waals surface area contributed by atoms with E-state index in [0.717, 1.165) is 45.1 Å². The van der Waals surface area contributed by atoms with Gasteiger partial charge in [-0.05, 0) is 70.8 Å². The molecule has 0 radical (unpaired) electrons. The van der Waals surface area contributed by atoms with Gasteiger partial charge in [-0.3, -0.25) is 9.97 Å². The molecule has 0 saturated carbocycles. The summed E-state index contributed by atoms with van der Waals surface area (Å²) < 4.78 is 10.6. The minimum Gasteiger partial charge on any atom is -0.497 e. The first kappa shape index (κ1) is 21.1. The Kier molecular flexibility index (Phi) is 6.73. The second-order valence-corrected chi connectivity index (χ2v) is 7.17. The van der Waals surface area contributed by atoms with Crippen molar-refractivity contribution in [1.29, 1.82) is 0 Å². The van der Waals surface area contributed by atoms with Crippen molar-refractivity contribution in [1.82, 2.24) is 9.97 Å². The molecule has 0 fully saturated rings. The Balaban J connectivity index is 1.54. The summed E-state index contributed by atoms with van der Waals surface area (Å²) in [7, 11) is 3.34. The van der Waals surface area contributed by atoms with Crippen molar-refractivity contribution in [2.45, 2.75) is 0 Å². The highest BCUT2D eigenvalue weighted by molar-refractivity contribution is 5.74. The van der Waals surface area contributed by atoms with Crippen LogP contribution >= 0.6 is 0 Å². The number of aromatic nitrogens is 2. The average molecular weight is 421 g/mol. The van der Waals surface area contributed by atoms with E-state index in [1.807, 2.05) is 72.8 Å². The quantitative estimate of drug-likeness (QED) is 0.342. The Morgan fingerprint density at radius 1 is 0.531 bits per heavy atom. The topological polar surface area (TPSA) is 44.2 Å². The number of methoxy groups -OCH3 is 2. The van der Waals surface area contributed by atoms with Crippen LogP contribution in [0.15, 0.2) is 85.2 Å². The molecule has 0 bridgehead atoms. The molecule has 158 valence electrons. The van der Waals surface area contributed by atoms with Gasteiger partial charge < -0.3 is 9.47 Å². The normalized spacial score (nSPS) is 11.2. The lowest BCUT2D eigenvalue weighted by Gasteiger charge is -2.04. The minimum atomic E-state index is 0.828. The molecule has 4 heteroatoms. The van der Waals surface area contributed by atoms with Gasteiger partial charge in [0.1, 0.15) is 11.5 Å². The summed E-state index contributed by atoms with van der Waals surface area (Å²) >= 11 is 0.